The van der Waals surface area contributed by atoms with Crippen LogP contribution in [-0.2, 0) is 40.0 Å². The Morgan fingerprint density at radius 2 is 1.66 bits per heavy atom. The maximum Gasteiger partial charge on any atom is 0.246 e. The van der Waals surface area contributed by atoms with Crippen molar-refractivity contribution < 1.29 is 43.8 Å². The molecule has 2 aliphatic heterocycles. The molecule has 5 atom stereocenters. The number of likely N-dealkylation sites (tertiary alicyclic amines) is 2. The van der Waals surface area contributed by atoms with E-state index in [2.05, 4.69) is 21.3 Å². The molecule has 0 bridgehead atoms. The number of phenols is 1. The standard InChI is InChI=1S/C28H39N7O9/c1-15(25(41)30-12-23(29)39)32-24(40)13-31-26(42)22-11-19(38)14-35(22)28(44)21-4-3-9-34(21)27(43)20(33-16(2)36)10-17-5-7-18(37)8-6-17/h5-8,15,19-22,37-38H,3-4,9-14H2,1-2H3,(H2,29,39)(H,30,41)(H,31,42)(H,32,40)(H,33,36)/t15-,19+,20+,21-,22+/m1/s1. The molecule has 0 spiro atoms. The maximum absolute atomic E-state index is 13.7. The zero-order chi connectivity index (χ0) is 32.6. The Morgan fingerprint density at radius 1 is 0.977 bits per heavy atom. The molecule has 0 unspecified atom stereocenters. The summed E-state index contributed by atoms with van der Waals surface area (Å²) in [7, 11) is 0. The SMILES string of the molecule is CC(=O)N[C@@H](Cc1ccc(O)cc1)C(=O)N1CCC[C@@H]1C(=O)N1C[C@@H](O)C[C@H]1C(=O)NCC(=O)N[C@H](C)C(=O)NCC(N)=O. The summed E-state index contributed by atoms with van der Waals surface area (Å²) >= 11 is 0. The van der Waals surface area contributed by atoms with Crippen LogP contribution >= 0.6 is 0 Å². The lowest BCUT2D eigenvalue weighted by Crippen LogP contribution is -2.57. The molecule has 8 N–H and O–H groups in total. The molecule has 0 aliphatic carbocycles. The van der Waals surface area contributed by atoms with Gasteiger partial charge in [-0.05, 0) is 37.5 Å². The topological polar surface area (TPSA) is 241 Å². The van der Waals surface area contributed by atoms with Gasteiger partial charge >= 0.3 is 0 Å². The van der Waals surface area contributed by atoms with Gasteiger partial charge in [-0.15, -0.1) is 0 Å². The summed E-state index contributed by atoms with van der Waals surface area (Å²) in [6.07, 6.45) is -0.148. The van der Waals surface area contributed by atoms with Crippen LogP contribution in [0.2, 0.25) is 0 Å². The van der Waals surface area contributed by atoms with Crippen LogP contribution in [0.1, 0.15) is 38.7 Å². The zero-order valence-electron chi connectivity index (χ0n) is 24.6. The molecule has 0 radical (unpaired) electrons. The number of aliphatic hydroxyl groups is 1. The highest BCUT2D eigenvalue weighted by molar-refractivity contribution is 5.96. The number of benzene rings is 1. The first kappa shape index (κ1) is 33.8. The van der Waals surface area contributed by atoms with Crippen molar-refractivity contribution in [3.63, 3.8) is 0 Å². The quantitative estimate of drug-likeness (QED) is 0.124. The van der Waals surface area contributed by atoms with Crippen molar-refractivity contribution in [2.24, 2.45) is 5.73 Å². The number of nitrogens with zero attached hydrogens (tertiary/aromatic N) is 2. The van der Waals surface area contributed by atoms with Gasteiger partial charge in [-0.25, -0.2) is 0 Å². The molecule has 2 aliphatic rings. The number of nitrogens with one attached hydrogen (secondary N) is 4. The molecule has 16 nitrogen and oxygen atoms in total. The van der Waals surface area contributed by atoms with E-state index >= 15 is 0 Å². The van der Waals surface area contributed by atoms with Crippen molar-refractivity contribution in [2.75, 3.05) is 26.2 Å². The lowest BCUT2D eigenvalue weighted by molar-refractivity contribution is -0.148. The summed E-state index contributed by atoms with van der Waals surface area (Å²) in [5.74, 6) is -4.22. The second kappa shape index (κ2) is 15.1. The first-order valence-electron chi connectivity index (χ1n) is 14.2. The monoisotopic (exact) mass is 617 g/mol. The molecule has 16 heteroatoms. The Kier molecular flexibility index (Phi) is 11.6. The largest absolute Gasteiger partial charge is 0.508 e. The van der Waals surface area contributed by atoms with Gasteiger partial charge in [0.2, 0.25) is 41.4 Å². The van der Waals surface area contributed by atoms with Gasteiger partial charge in [0, 0.05) is 32.9 Å². The summed E-state index contributed by atoms with van der Waals surface area (Å²) in [6.45, 7) is 1.82. The number of nitrogens with two attached hydrogens (primary N) is 1. The number of β-amino-alcohol motifs (C(OH)–C–C–N with tert-alkyl or cyclic N) is 1. The predicted octanol–water partition coefficient (Wildman–Crippen LogP) is -3.39. The van der Waals surface area contributed by atoms with E-state index < -0.39 is 84.7 Å². The summed E-state index contributed by atoms with van der Waals surface area (Å²) in [5, 5.41) is 29.5. The van der Waals surface area contributed by atoms with Crippen LogP contribution in [0.25, 0.3) is 0 Å². The molecule has 240 valence electrons. The number of amides is 7. The van der Waals surface area contributed by atoms with E-state index in [-0.39, 0.29) is 31.7 Å². The molecule has 0 aromatic heterocycles. The Labute approximate surface area is 253 Å². The summed E-state index contributed by atoms with van der Waals surface area (Å²) < 4.78 is 0. The normalized spacial score (nSPS) is 20.8. The average Bonchev–Trinajstić information content (AvgIpc) is 3.61. The first-order chi connectivity index (χ1) is 20.8. The smallest absolute Gasteiger partial charge is 0.246 e. The second-order valence-electron chi connectivity index (χ2n) is 10.9. The summed E-state index contributed by atoms with van der Waals surface area (Å²) in [6, 6.07) is 2.13. The number of carbonyl (C=O) groups is 7. The predicted molar refractivity (Wildman–Crippen MR) is 153 cm³/mol. The number of primary amides is 1. The van der Waals surface area contributed by atoms with Crippen molar-refractivity contribution in [1.82, 2.24) is 31.1 Å². The number of phenolic OH excluding ortho intramolecular Hbond substituents is 1. The maximum atomic E-state index is 13.7. The number of aliphatic hydroxyl groups excluding tert-OH is 1. The van der Waals surface area contributed by atoms with Gasteiger partial charge in [0.05, 0.1) is 19.2 Å². The molecular weight excluding hydrogens is 578 g/mol. The highest BCUT2D eigenvalue weighted by Crippen LogP contribution is 2.26. The lowest BCUT2D eigenvalue weighted by Gasteiger charge is -2.32. The third-order valence-corrected chi connectivity index (χ3v) is 7.37. The fraction of sp³-hybridized carbons (Fsp3) is 0.536. The van der Waals surface area contributed by atoms with Gasteiger partial charge in [-0.3, -0.25) is 33.6 Å². The minimum Gasteiger partial charge on any atom is -0.508 e. The van der Waals surface area contributed by atoms with E-state index in [0.717, 1.165) is 0 Å². The number of rotatable bonds is 12. The third-order valence-electron chi connectivity index (χ3n) is 7.37. The first-order valence-corrected chi connectivity index (χ1v) is 14.2. The molecule has 2 saturated heterocycles. The number of carbonyl (C=O) groups excluding carboxylic acids is 7. The van der Waals surface area contributed by atoms with E-state index in [1.807, 2.05) is 0 Å². The van der Waals surface area contributed by atoms with Gasteiger partial charge in [0.25, 0.3) is 0 Å². The minimum absolute atomic E-state index is 0.0485. The van der Waals surface area contributed by atoms with Gasteiger partial charge in [0.15, 0.2) is 0 Å². The van der Waals surface area contributed by atoms with Gasteiger partial charge < -0.3 is 47.0 Å². The van der Waals surface area contributed by atoms with E-state index in [1.165, 1.54) is 35.8 Å². The number of hydrogen-bond donors (Lipinski definition) is 7. The van der Waals surface area contributed by atoms with Crippen LogP contribution in [0.4, 0.5) is 0 Å². The summed E-state index contributed by atoms with van der Waals surface area (Å²) in [5.41, 5.74) is 5.66. The van der Waals surface area contributed by atoms with Crippen LogP contribution in [0.3, 0.4) is 0 Å². The lowest BCUT2D eigenvalue weighted by atomic mass is 10.0. The molecule has 2 fully saturated rings. The minimum atomic E-state index is -1.11. The van der Waals surface area contributed by atoms with Gasteiger partial charge in [0.1, 0.15) is 29.9 Å². The van der Waals surface area contributed by atoms with Crippen molar-refractivity contribution in [3.05, 3.63) is 29.8 Å². The Morgan fingerprint density at radius 3 is 2.30 bits per heavy atom. The van der Waals surface area contributed by atoms with Crippen molar-refractivity contribution >= 4 is 41.4 Å². The van der Waals surface area contributed by atoms with Crippen molar-refractivity contribution in [2.45, 2.75) is 69.8 Å². The van der Waals surface area contributed by atoms with Crippen LogP contribution in [0.5, 0.6) is 5.75 Å². The second-order valence-corrected chi connectivity index (χ2v) is 10.9. The molecular formula is C28H39N7O9. The van der Waals surface area contributed by atoms with E-state index in [0.29, 0.717) is 18.4 Å². The van der Waals surface area contributed by atoms with Crippen LogP contribution < -0.4 is 27.0 Å². The fourth-order valence-corrected chi connectivity index (χ4v) is 5.27. The molecule has 7 amide bonds. The van der Waals surface area contributed by atoms with Crippen LogP contribution in [0.15, 0.2) is 24.3 Å². The highest BCUT2D eigenvalue weighted by atomic mass is 16.3. The molecule has 3 rings (SSSR count). The van der Waals surface area contributed by atoms with Crippen LogP contribution in [-0.4, -0.2) is 118 Å². The van der Waals surface area contributed by atoms with Crippen molar-refractivity contribution in [3.8, 4) is 5.75 Å². The number of aromatic hydroxyl groups is 1. The fourth-order valence-electron chi connectivity index (χ4n) is 5.27. The molecule has 0 saturated carbocycles. The highest BCUT2D eigenvalue weighted by Gasteiger charge is 2.45. The Hall–Kier alpha value is -4.73. The van der Waals surface area contributed by atoms with E-state index in [1.54, 1.807) is 12.1 Å². The van der Waals surface area contributed by atoms with E-state index in [9.17, 15) is 43.8 Å². The van der Waals surface area contributed by atoms with E-state index in [4.69, 9.17) is 5.73 Å². The summed E-state index contributed by atoms with van der Waals surface area (Å²) in [4.78, 5) is 89.9. The average molecular weight is 618 g/mol. The zero-order valence-corrected chi connectivity index (χ0v) is 24.6. The van der Waals surface area contributed by atoms with Gasteiger partial charge in [-0.2, -0.15) is 0 Å². The molecule has 1 aromatic rings. The van der Waals surface area contributed by atoms with Crippen LogP contribution in [0, 0.1) is 0 Å². The number of hydrogen-bond acceptors (Lipinski definition) is 9. The third kappa shape index (κ3) is 9.13. The Bertz CT molecular complexity index is 1270. The molecule has 1 aromatic carbocycles. The van der Waals surface area contributed by atoms with Gasteiger partial charge in [-0.1, -0.05) is 12.1 Å². The van der Waals surface area contributed by atoms with Crippen molar-refractivity contribution in [1.29, 1.82) is 0 Å². The molecule has 2 heterocycles. The molecule has 44 heavy (non-hydrogen) atoms. The Balaban J connectivity index is 1.64.